The van der Waals surface area contributed by atoms with E-state index in [1.54, 1.807) is 0 Å². The molecule has 1 amide bonds. The SMILES string of the molecule is CC(C)(C)OC(=O)N1CCCC1CNCCC1CCCO1. The number of likely N-dealkylation sites (tertiary alicyclic amines) is 1. The minimum Gasteiger partial charge on any atom is -0.444 e. The van der Waals surface area contributed by atoms with E-state index in [4.69, 9.17) is 9.47 Å². The first kappa shape index (κ1) is 16.6. The second kappa shape index (κ2) is 7.45. The van der Waals surface area contributed by atoms with E-state index in [2.05, 4.69) is 5.32 Å². The van der Waals surface area contributed by atoms with Crippen LogP contribution in [-0.4, -0.2) is 55.0 Å². The third-order valence-corrected chi connectivity index (χ3v) is 4.05. The number of nitrogens with zero attached hydrogens (tertiary/aromatic N) is 1. The summed E-state index contributed by atoms with van der Waals surface area (Å²) in [4.78, 5) is 14.0. The van der Waals surface area contributed by atoms with Crippen LogP contribution >= 0.6 is 0 Å². The van der Waals surface area contributed by atoms with Crippen LogP contribution in [0.15, 0.2) is 0 Å². The van der Waals surface area contributed by atoms with E-state index in [9.17, 15) is 4.79 Å². The van der Waals surface area contributed by atoms with Gasteiger partial charge in [0.05, 0.1) is 6.10 Å². The maximum Gasteiger partial charge on any atom is 0.410 e. The number of nitrogens with one attached hydrogen (secondary N) is 1. The molecule has 0 saturated carbocycles. The lowest BCUT2D eigenvalue weighted by Crippen LogP contribution is -2.44. The molecule has 5 nitrogen and oxygen atoms in total. The van der Waals surface area contributed by atoms with Gasteiger partial charge in [-0.25, -0.2) is 4.79 Å². The molecule has 2 aliphatic heterocycles. The Hall–Kier alpha value is -0.810. The van der Waals surface area contributed by atoms with Crippen molar-refractivity contribution in [2.45, 2.75) is 70.6 Å². The number of carbonyl (C=O) groups is 1. The van der Waals surface area contributed by atoms with Gasteiger partial charge in [-0.05, 0) is 59.4 Å². The van der Waals surface area contributed by atoms with E-state index in [0.29, 0.717) is 6.10 Å². The van der Waals surface area contributed by atoms with Crippen LogP contribution < -0.4 is 5.32 Å². The summed E-state index contributed by atoms with van der Waals surface area (Å²) in [5.41, 5.74) is -0.419. The largest absolute Gasteiger partial charge is 0.444 e. The van der Waals surface area contributed by atoms with Crippen LogP contribution in [0.2, 0.25) is 0 Å². The average molecular weight is 298 g/mol. The molecular formula is C16H30N2O3. The first-order valence-electron chi connectivity index (χ1n) is 8.27. The first-order valence-corrected chi connectivity index (χ1v) is 8.27. The Morgan fingerprint density at radius 1 is 1.33 bits per heavy atom. The number of carbonyl (C=O) groups excluding carboxylic acids is 1. The fourth-order valence-electron chi connectivity index (χ4n) is 3.01. The Balaban J connectivity index is 1.67. The van der Waals surface area contributed by atoms with Crippen LogP contribution in [0.4, 0.5) is 4.79 Å². The van der Waals surface area contributed by atoms with Crippen LogP contribution in [0.1, 0.15) is 52.9 Å². The average Bonchev–Trinajstić information content (AvgIpc) is 3.04. The molecule has 0 aromatic rings. The summed E-state index contributed by atoms with van der Waals surface area (Å²) >= 11 is 0. The molecule has 0 aromatic heterocycles. The normalized spacial score (nSPS) is 26.3. The molecule has 2 rings (SSSR count). The predicted octanol–water partition coefficient (Wildman–Crippen LogP) is 2.54. The molecular weight excluding hydrogens is 268 g/mol. The van der Waals surface area contributed by atoms with E-state index in [1.807, 2.05) is 25.7 Å². The molecule has 122 valence electrons. The van der Waals surface area contributed by atoms with Crippen molar-refractivity contribution >= 4 is 6.09 Å². The Morgan fingerprint density at radius 2 is 2.14 bits per heavy atom. The van der Waals surface area contributed by atoms with Crippen molar-refractivity contribution in [2.24, 2.45) is 0 Å². The number of ether oxygens (including phenoxy) is 2. The van der Waals surface area contributed by atoms with Gasteiger partial charge >= 0.3 is 6.09 Å². The second-order valence-electron chi connectivity index (χ2n) is 7.10. The first-order chi connectivity index (χ1) is 9.96. The number of rotatable bonds is 5. The van der Waals surface area contributed by atoms with Gasteiger partial charge in [-0.15, -0.1) is 0 Å². The lowest BCUT2D eigenvalue weighted by molar-refractivity contribution is 0.0225. The summed E-state index contributed by atoms with van der Waals surface area (Å²) in [7, 11) is 0. The Labute approximate surface area is 128 Å². The van der Waals surface area contributed by atoms with Crippen molar-refractivity contribution in [1.82, 2.24) is 10.2 Å². The highest BCUT2D eigenvalue weighted by molar-refractivity contribution is 5.69. The zero-order valence-corrected chi connectivity index (χ0v) is 13.7. The van der Waals surface area contributed by atoms with E-state index in [1.165, 1.54) is 12.8 Å². The molecule has 2 heterocycles. The van der Waals surface area contributed by atoms with Crippen molar-refractivity contribution in [3.05, 3.63) is 0 Å². The van der Waals surface area contributed by atoms with E-state index >= 15 is 0 Å². The molecule has 1 N–H and O–H groups in total. The monoisotopic (exact) mass is 298 g/mol. The quantitative estimate of drug-likeness (QED) is 0.793. The molecule has 5 heteroatoms. The third kappa shape index (κ3) is 5.47. The molecule has 0 radical (unpaired) electrons. The summed E-state index contributed by atoms with van der Waals surface area (Å²) in [6.45, 7) is 9.28. The standard InChI is InChI=1S/C16H30N2O3/c1-16(2,3)21-15(19)18-10-4-6-13(18)12-17-9-8-14-7-5-11-20-14/h13-14,17H,4-12H2,1-3H3. The molecule has 2 atom stereocenters. The van der Waals surface area contributed by atoms with Gasteiger partial charge in [0.15, 0.2) is 0 Å². The van der Waals surface area contributed by atoms with Gasteiger partial charge in [-0.3, -0.25) is 0 Å². The Bertz CT molecular complexity index is 335. The van der Waals surface area contributed by atoms with Gasteiger partial charge in [0.1, 0.15) is 5.60 Å². The Morgan fingerprint density at radius 3 is 2.81 bits per heavy atom. The van der Waals surface area contributed by atoms with Gasteiger partial charge in [0.25, 0.3) is 0 Å². The fourth-order valence-corrected chi connectivity index (χ4v) is 3.01. The number of hydrogen-bond donors (Lipinski definition) is 1. The topological polar surface area (TPSA) is 50.8 Å². The zero-order chi connectivity index (χ0) is 15.3. The van der Waals surface area contributed by atoms with Crippen LogP contribution in [0.25, 0.3) is 0 Å². The van der Waals surface area contributed by atoms with Gasteiger partial charge in [-0.1, -0.05) is 0 Å². The van der Waals surface area contributed by atoms with Gasteiger partial charge < -0.3 is 19.7 Å². The highest BCUT2D eigenvalue weighted by Crippen LogP contribution is 2.20. The van der Waals surface area contributed by atoms with Crippen LogP contribution in [0.3, 0.4) is 0 Å². The van der Waals surface area contributed by atoms with E-state index < -0.39 is 5.60 Å². The summed E-state index contributed by atoms with van der Waals surface area (Å²) in [5.74, 6) is 0. The molecule has 2 saturated heterocycles. The van der Waals surface area contributed by atoms with Crippen LogP contribution in [-0.2, 0) is 9.47 Å². The van der Waals surface area contributed by atoms with Gasteiger partial charge in [-0.2, -0.15) is 0 Å². The zero-order valence-electron chi connectivity index (χ0n) is 13.7. The molecule has 0 spiro atoms. The molecule has 0 aromatic carbocycles. The lowest BCUT2D eigenvalue weighted by Gasteiger charge is -2.28. The van der Waals surface area contributed by atoms with Gasteiger partial charge in [0.2, 0.25) is 0 Å². The number of hydrogen-bond acceptors (Lipinski definition) is 4. The summed E-state index contributed by atoms with van der Waals surface area (Å²) in [6.07, 6.45) is 5.84. The second-order valence-corrected chi connectivity index (χ2v) is 7.10. The summed E-state index contributed by atoms with van der Waals surface area (Å²) < 4.78 is 11.1. The van der Waals surface area contributed by atoms with Crippen LogP contribution in [0.5, 0.6) is 0 Å². The van der Waals surface area contributed by atoms with Crippen molar-refractivity contribution in [2.75, 3.05) is 26.2 Å². The van der Waals surface area contributed by atoms with E-state index in [0.717, 1.165) is 45.5 Å². The maximum atomic E-state index is 12.2. The highest BCUT2D eigenvalue weighted by Gasteiger charge is 2.31. The van der Waals surface area contributed by atoms with Crippen molar-refractivity contribution < 1.29 is 14.3 Å². The molecule has 2 unspecified atom stereocenters. The molecule has 0 aliphatic carbocycles. The van der Waals surface area contributed by atoms with Crippen molar-refractivity contribution in [3.63, 3.8) is 0 Å². The highest BCUT2D eigenvalue weighted by atomic mass is 16.6. The maximum absolute atomic E-state index is 12.2. The minimum atomic E-state index is -0.419. The predicted molar refractivity (Wildman–Crippen MR) is 82.4 cm³/mol. The fraction of sp³-hybridized carbons (Fsp3) is 0.938. The molecule has 2 fully saturated rings. The molecule has 0 bridgehead atoms. The van der Waals surface area contributed by atoms with Crippen LogP contribution in [0, 0.1) is 0 Å². The van der Waals surface area contributed by atoms with Crippen molar-refractivity contribution in [3.8, 4) is 0 Å². The summed E-state index contributed by atoms with van der Waals surface area (Å²) in [6, 6.07) is 0.268. The third-order valence-electron chi connectivity index (χ3n) is 4.05. The molecule has 2 aliphatic rings. The van der Waals surface area contributed by atoms with Crippen molar-refractivity contribution in [1.29, 1.82) is 0 Å². The Kier molecular flexibility index (Phi) is 5.88. The van der Waals surface area contributed by atoms with E-state index in [-0.39, 0.29) is 12.1 Å². The lowest BCUT2D eigenvalue weighted by atomic mass is 10.1. The minimum absolute atomic E-state index is 0.175. The smallest absolute Gasteiger partial charge is 0.410 e. The molecule has 21 heavy (non-hydrogen) atoms. The summed E-state index contributed by atoms with van der Waals surface area (Å²) in [5, 5.41) is 3.47. The van der Waals surface area contributed by atoms with Gasteiger partial charge in [0, 0.05) is 25.7 Å². The number of amides is 1.